The van der Waals surface area contributed by atoms with Gasteiger partial charge >= 0.3 is 0 Å². The molecule has 0 radical (unpaired) electrons. The molecule has 1 atom stereocenters. The molecule has 1 aromatic heterocycles. The number of carbonyl (C=O) groups is 1. The Morgan fingerprint density at radius 1 is 1.22 bits per heavy atom. The quantitative estimate of drug-likeness (QED) is 0.826. The number of nitrogens with zero attached hydrogens (tertiary/aromatic N) is 4. The van der Waals surface area contributed by atoms with Gasteiger partial charge in [0.05, 0.1) is 29.2 Å². The predicted octanol–water partition coefficient (Wildman–Crippen LogP) is 2.26. The fourth-order valence-corrected chi connectivity index (χ4v) is 3.84. The molecule has 7 heteroatoms. The Morgan fingerprint density at radius 3 is 2.63 bits per heavy atom. The molecule has 27 heavy (non-hydrogen) atoms. The Morgan fingerprint density at radius 2 is 1.96 bits per heavy atom. The monoisotopic (exact) mass is 372 g/mol. The molecule has 2 fully saturated rings. The number of piperazine rings is 1. The zero-order valence-corrected chi connectivity index (χ0v) is 15.6. The van der Waals surface area contributed by atoms with E-state index in [1.165, 1.54) is 12.1 Å². The molecule has 0 bridgehead atoms. The lowest BCUT2D eigenvalue weighted by Gasteiger charge is -2.35. The van der Waals surface area contributed by atoms with Gasteiger partial charge in [-0.05, 0) is 44.0 Å². The first-order chi connectivity index (χ1) is 13.1. The summed E-state index contributed by atoms with van der Waals surface area (Å²) < 4.78 is 20.5. The molecule has 1 unspecified atom stereocenters. The molecule has 2 aliphatic heterocycles. The van der Waals surface area contributed by atoms with Gasteiger partial charge in [0.15, 0.2) is 0 Å². The van der Waals surface area contributed by atoms with E-state index < -0.39 is 0 Å². The highest BCUT2D eigenvalue weighted by Crippen LogP contribution is 2.18. The first-order valence-corrected chi connectivity index (χ1v) is 9.55. The lowest BCUT2D eigenvalue weighted by molar-refractivity contribution is 0.0432. The van der Waals surface area contributed by atoms with Gasteiger partial charge in [0, 0.05) is 39.3 Å². The second-order valence-corrected chi connectivity index (χ2v) is 7.26. The molecule has 2 aromatic rings. The molecule has 4 rings (SSSR count). The Hall–Kier alpha value is -2.25. The lowest BCUT2D eigenvalue weighted by atomic mass is 10.2. The Bertz CT molecular complexity index is 791. The van der Waals surface area contributed by atoms with Crippen molar-refractivity contribution in [2.45, 2.75) is 25.9 Å². The van der Waals surface area contributed by atoms with E-state index in [-0.39, 0.29) is 11.7 Å². The van der Waals surface area contributed by atoms with Crippen LogP contribution in [0.2, 0.25) is 0 Å². The zero-order valence-electron chi connectivity index (χ0n) is 15.6. The smallest absolute Gasteiger partial charge is 0.257 e. The molecular formula is C20H25FN4O2. The van der Waals surface area contributed by atoms with E-state index in [0.717, 1.165) is 50.5 Å². The van der Waals surface area contributed by atoms with Crippen LogP contribution in [0.25, 0.3) is 5.69 Å². The van der Waals surface area contributed by atoms with Crippen LogP contribution in [0.3, 0.4) is 0 Å². The van der Waals surface area contributed by atoms with Gasteiger partial charge in [-0.2, -0.15) is 5.10 Å². The number of hydrogen-bond donors (Lipinski definition) is 0. The molecule has 1 amide bonds. The highest BCUT2D eigenvalue weighted by molar-refractivity contribution is 5.95. The minimum atomic E-state index is -0.291. The van der Waals surface area contributed by atoms with Crippen LogP contribution in [0.4, 0.5) is 4.39 Å². The van der Waals surface area contributed by atoms with E-state index in [0.29, 0.717) is 24.8 Å². The van der Waals surface area contributed by atoms with Gasteiger partial charge in [0.1, 0.15) is 5.82 Å². The van der Waals surface area contributed by atoms with Crippen molar-refractivity contribution in [2.75, 3.05) is 39.3 Å². The van der Waals surface area contributed by atoms with Gasteiger partial charge in [-0.25, -0.2) is 9.07 Å². The summed E-state index contributed by atoms with van der Waals surface area (Å²) in [6, 6.07) is 6.11. The largest absolute Gasteiger partial charge is 0.377 e. The number of ether oxygens (including phenoxy) is 1. The molecule has 2 saturated heterocycles. The average Bonchev–Trinajstić information content (AvgIpc) is 3.32. The van der Waals surface area contributed by atoms with Gasteiger partial charge in [-0.3, -0.25) is 9.69 Å². The first-order valence-electron chi connectivity index (χ1n) is 9.55. The van der Waals surface area contributed by atoms with Crippen LogP contribution in [0.1, 0.15) is 28.9 Å². The number of rotatable bonds is 4. The minimum absolute atomic E-state index is 0.0117. The average molecular weight is 372 g/mol. The summed E-state index contributed by atoms with van der Waals surface area (Å²) in [6.45, 7) is 6.88. The third-order valence-corrected chi connectivity index (χ3v) is 5.46. The van der Waals surface area contributed by atoms with Crippen molar-refractivity contribution in [1.29, 1.82) is 0 Å². The fraction of sp³-hybridized carbons (Fsp3) is 0.500. The summed E-state index contributed by atoms with van der Waals surface area (Å²) in [4.78, 5) is 17.2. The highest BCUT2D eigenvalue weighted by Gasteiger charge is 2.27. The lowest BCUT2D eigenvalue weighted by Crippen LogP contribution is -2.50. The topological polar surface area (TPSA) is 50.6 Å². The summed E-state index contributed by atoms with van der Waals surface area (Å²) >= 11 is 0. The van der Waals surface area contributed by atoms with Crippen molar-refractivity contribution in [3.8, 4) is 5.69 Å². The summed E-state index contributed by atoms with van der Waals surface area (Å²) in [5, 5.41) is 4.33. The molecule has 0 aliphatic carbocycles. The Kier molecular flexibility index (Phi) is 5.22. The van der Waals surface area contributed by atoms with Gasteiger partial charge in [-0.15, -0.1) is 0 Å². The van der Waals surface area contributed by atoms with Crippen molar-refractivity contribution in [2.24, 2.45) is 0 Å². The molecule has 144 valence electrons. The number of carbonyl (C=O) groups excluding carboxylic acids is 1. The molecule has 3 heterocycles. The van der Waals surface area contributed by atoms with Gasteiger partial charge in [0.2, 0.25) is 0 Å². The number of aromatic nitrogens is 2. The summed E-state index contributed by atoms with van der Waals surface area (Å²) in [7, 11) is 0. The summed E-state index contributed by atoms with van der Waals surface area (Å²) in [5.41, 5.74) is 2.12. The van der Waals surface area contributed by atoms with E-state index in [1.807, 2.05) is 11.8 Å². The Labute approximate surface area is 158 Å². The van der Waals surface area contributed by atoms with Gasteiger partial charge in [0.25, 0.3) is 5.91 Å². The maximum Gasteiger partial charge on any atom is 0.257 e. The SMILES string of the molecule is Cc1c(C(=O)N2CCN(CC3CCCO3)CC2)cnn1-c1ccc(F)cc1. The van der Waals surface area contributed by atoms with Crippen LogP contribution < -0.4 is 0 Å². The van der Waals surface area contributed by atoms with Crippen LogP contribution in [-0.2, 0) is 4.74 Å². The standard InChI is InChI=1S/C20H25FN4O2/c1-15-19(13-22-25(15)17-6-4-16(21)5-7-17)20(26)24-10-8-23(9-11-24)14-18-3-2-12-27-18/h4-7,13,18H,2-3,8-12,14H2,1H3. The number of amides is 1. The molecule has 1 aromatic carbocycles. The van der Waals surface area contributed by atoms with Gasteiger partial charge < -0.3 is 9.64 Å². The normalized spacial score (nSPS) is 21.0. The van der Waals surface area contributed by atoms with Crippen molar-refractivity contribution in [1.82, 2.24) is 19.6 Å². The highest BCUT2D eigenvalue weighted by atomic mass is 19.1. The van der Waals surface area contributed by atoms with Crippen LogP contribution in [0.15, 0.2) is 30.5 Å². The Balaban J connectivity index is 1.39. The predicted molar refractivity (Wildman–Crippen MR) is 99.6 cm³/mol. The van der Waals surface area contributed by atoms with Crippen molar-refractivity contribution < 1.29 is 13.9 Å². The third kappa shape index (κ3) is 3.89. The molecule has 0 saturated carbocycles. The van der Waals surface area contributed by atoms with Crippen LogP contribution in [0.5, 0.6) is 0 Å². The fourth-order valence-electron chi connectivity index (χ4n) is 3.84. The summed E-state index contributed by atoms with van der Waals surface area (Å²) in [5.74, 6) is -0.279. The minimum Gasteiger partial charge on any atom is -0.377 e. The molecule has 0 N–H and O–H groups in total. The maximum atomic E-state index is 13.1. The van der Waals surface area contributed by atoms with E-state index in [2.05, 4.69) is 10.00 Å². The molecule has 2 aliphatic rings. The first kappa shape index (κ1) is 18.1. The number of benzene rings is 1. The zero-order chi connectivity index (χ0) is 18.8. The number of halogens is 1. The van der Waals surface area contributed by atoms with E-state index in [9.17, 15) is 9.18 Å². The van der Waals surface area contributed by atoms with E-state index in [1.54, 1.807) is 23.0 Å². The van der Waals surface area contributed by atoms with E-state index in [4.69, 9.17) is 4.74 Å². The van der Waals surface area contributed by atoms with Crippen molar-refractivity contribution in [3.63, 3.8) is 0 Å². The molecule has 0 spiro atoms. The van der Waals surface area contributed by atoms with Gasteiger partial charge in [-0.1, -0.05) is 0 Å². The second kappa shape index (κ2) is 7.78. The van der Waals surface area contributed by atoms with Crippen LogP contribution in [0, 0.1) is 12.7 Å². The molecule has 6 nitrogen and oxygen atoms in total. The third-order valence-electron chi connectivity index (χ3n) is 5.46. The maximum absolute atomic E-state index is 13.1. The van der Waals surface area contributed by atoms with Crippen LogP contribution >= 0.6 is 0 Å². The summed E-state index contributed by atoms with van der Waals surface area (Å²) in [6.07, 6.45) is 4.25. The van der Waals surface area contributed by atoms with Crippen molar-refractivity contribution >= 4 is 5.91 Å². The second-order valence-electron chi connectivity index (χ2n) is 7.26. The van der Waals surface area contributed by atoms with E-state index >= 15 is 0 Å². The number of hydrogen-bond acceptors (Lipinski definition) is 4. The van der Waals surface area contributed by atoms with Crippen LogP contribution in [-0.4, -0.2) is 70.9 Å². The molecular weight excluding hydrogens is 347 g/mol. The van der Waals surface area contributed by atoms with Crippen molar-refractivity contribution in [3.05, 3.63) is 47.5 Å².